The summed E-state index contributed by atoms with van der Waals surface area (Å²) in [5, 5.41) is 12.8. The van der Waals surface area contributed by atoms with Crippen LogP contribution in [0.5, 0.6) is 0 Å². The molecule has 0 atom stereocenters. The van der Waals surface area contributed by atoms with Gasteiger partial charge in [-0.05, 0) is 18.2 Å². The van der Waals surface area contributed by atoms with Gasteiger partial charge in [0.05, 0.1) is 0 Å². The highest BCUT2D eigenvalue weighted by Gasteiger charge is 2.10. The number of carbonyl (C=O) groups is 1. The van der Waals surface area contributed by atoms with E-state index in [-0.39, 0.29) is 23.7 Å². The van der Waals surface area contributed by atoms with Gasteiger partial charge in [-0.1, -0.05) is 6.07 Å². The van der Waals surface area contributed by atoms with Crippen molar-refractivity contribution < 1.29 is 4.79 Å². The molecule has 0 aliphatic heterocycles. The lowest BCUT2D eigenvalue weighted by molar-refractivity contribution is 0.0944. The van der Waals surface area contributed by atoms with Crippen molar-refractivity contribution >= 4 is 5.91 Å². The molecule has 0 saturated carbocycles. The highest BCUT2D eigenvalue weighted by molar-refractivity contribution is 5.91. The molecule has 0 fully saturated rings. The number of aromatic amines is 1. The van der Waals surface area contributed by atoms with E-state index < -0.39 is 0 Å². The second-order valence-corrected chi connectivity index (χ2v) is 4.43. The number of carbonyl (C=O) groups excluding carboxylic acids is 1. The fourth-order valence-corrected chi connectivity index (χ4v) is 1.91. The van der Waals surface area contributed by atoms with Crippen LogP contribution in [-0.4, -0.2) is 30.9 Å². The topological polar surface area (TPSA) is 106 Å². The van der Waals surface area contributed by atoms with Gasteiger partial charge in [0.2, 0.25) is 0 Å². The molecular weight excluding hydrogens is 284 g/mol. The fraction of sp³-hybridized carbons (Fsp3) is 0.0714. The zero-order valence-electron chi connectivity index (χ0n) is 11.4. The van der Waals surface area contributed by atoms with Crippen LogP contribution in [0.3, 0.4) is 0 Å². The monoisotopic (exact) mass is 296 g/mol. The summed E-state index contributed by atoms with van der Waals surface area (Å²) in [5.41, 5.74) is 0.595. The third kappa shape index (κ3) is 2.90. The molecule has 0 bridgehead atoms. The van der Waals surface area contributed by atoms with E-state index in [2.05, 4.69) is 25.6 Å². The summed E-state index contributed by atoms with van der Waals surface area (Å²) in [4.78, 5) is 27.2. The van der Waals surface area contributed by atoms with E-state index in [4.69, 9.17) is 0 Å². The summed E-state index contributed by atoms with van der Waals surface area (Å²) < 4.78 is 1.62. The first-order valence-electron chi connectivity index (χ1n) is 6.52. The number of hydrogen-bond acceptors (Lipinski definition) is 5. The van der Waals surface area contributed by atoms with Crippen LogP contribution in [0.1, 0.15) is 16.1 Å². The SMILES string of the molecule is O=C(NCc1cccnc1-n1cccn1)c1ccc(=O)[nH]n1. The largest absolute Gasteiger partial charge is 0.346 e. The van der Waals surface area contributed by atoms with Crippen molar-refractivity contribution in [1.82, 2.24) is 30.3 Å². The van der Waals surface area contributed by atoms with E-state index in [0.29, 0.717) is 5.82 Å². The molecular formula is C14H12N6O2. The van der Waals surface area contributed by atoms with E-state index in [0.717, 1.165) is 5.56 Å². The summed E-state index contributed by atoms with van der Waals surface area (Å²) in [6.45, 7) is 0.267. The van der Waals surface area contributed by atoms with Crippen LogP contribution < -0.4 is 10.9 Å². The molecule has 0 saturated heterocycles. The van der Waals surface area contributed by atoms with E-state index >= 15 is 0 Å². The number of hydrogen-bond donors (Lipinski definition) is 2. The maximum Gasteiger partial charge on any atom is 0.271 e. The Bertz CT molecular complexity index is 820. The Morgan fingerprint density at radius 2 is 2.14 bits per heavy atom. The van der Waals surface area contributed by atoms with Crippen molar-refractivity contribution in [3.8, 4) is 5.82 Å². The van der Waals surface area contributed by atoms with E-state index in [1.54, 1.807) is 35.4 Å². The summed E-state index contributed by atoms with van der Waals surface area (Å²) >= 11 is 0. The third-order valence-electron chi connectivity index (χ3n) is 2.94. The minimum Gasteiger partial charge on any atom is -0.346 e. The molecule has 8 nitrogen and oxygen atoms in total. The van der Waals surface area contributed by atoms with Gasteiger partial charge in [-0.2, -0.15) is 10.2 Å². The fourth-order valence-electron chi connectivity index (χ4n) is 1.91. The lowest BCUT2D eigenvalue weighted by atomic mass is 10.2. The van der Waals surface area contributed by atoms with Crippen molar-refractivity contribution in [3.63, 3.8) is 0 Å². The molecule has 8 heteroatoms. The molecule has 110 valence electrons. The predicted octanol–water partition coefficient (Wildman–Crippen LogP) is 0.281. The van der Waals surface area contributed by atoms with Gasteiger partial charge in [-0.15, -0.1) is 0 Å². The van der Waals surface area contributed by atoms with Gasteiger partial charge < -0.3 is 5.32 Å². The molecule has 0 radical (unpaired) electrons. The molecule has 0 unspecified atom stereocenters. The highest BCUT2D eigenvalue weighted by Crippen LogP contribution is 2.09. The van der Waals surface area contributed by atoms with E-state index in [1.165, 1.54) is 12.1 Å². The Labute approximate surface area is 124 Å². The van der Waals surface area contributed by atoms with Crippen molar-refractivity contribution in [2.45, 2.75) is 6.54 Å². The number of H-pyrrole nitrogens is 1. The molecule has 0 spiro atoms. The molecule has 2 N–H and O–H groups in total. The van der Waals surface area contributed by atoms with Crippen LogP contribution >= 0.6 is 0 Å². The summed E-state index contributed by atoms with van der Waals surface area (Å²) in [6.07, 6.45) is 5.09. The standard InChI is InChI=1S/C14H12N6O2/c21-12-5-4-11(18-19-12)14(22)16-9-10-3-1-6-15-13(10)20-8-2-7-17-20/h1-8H,9H2,(H,16,22)(H,19,21). The van der Waals surface area contributed by atoms with Crippen LogP contribution in [0.2, 0.25) is 0 Å². The molecule has 3 heterocycles. The second kappa shape index (κ2) is 6.00. The van der Waals surface area contributed by atoms with Crippen molar-refractivity contribution in [1.29, 1.82) is 0 Å². The number of aromatic nitrogens is 5. The van der Waals surface area contributed by atoms with Crippen molar-refractivity contribution in [3.05, 3.63) is 70.5 Å². The number of rotatable bonds is 4. The van der Waals surface area contributed by atoms with Crippen LogP contribution in [0, 0.1) is 0 Å². The van der Waals surface area contributed by atoms with Gasteiger partial charge in [0.15, 0.2) is 5.82 Å². The number of amides is 1. The Morgan fingerprint density at radius 3 is 2.86 bits per heavy atom. The summed E-state index contributed by atoms with van der Waals surface area (Å²) in [6, 6.07) is 8.05. The molecule has 0 aromatic carbocycles. The smallest absolute Gasteiger partial charge is 0.271 e. The summed E-state index contributed by atoms with van der Waals surface area (Å²) in [7, 11) is 0. The van der Waals surface area contributed by atoms with E-state index in [1.807, 2.05) is 6.07 Å². The number of pyridine rings is 1. The Balaban J connectivity index is 1.76. The van der Waals surface area contributed by atoms with Gasteiger partial charge in [0.1, 0.15) is 5.69 Å². The van der Waals surface area contributed by atoms with Gasteiger partial charge in [0.25, 0.3) is 11.5 Å². The summed E-state index contributed by atoms with van der Waals surface area (Å²) in [5.74, 6) is 0.258. The minimum atomic E-state index is -0.383. The first-order valence-corrected chi connectivity index (χ1v) is 6.52. The average molecular weight is 296 g/mol. The Hall–Kier alpha value is -3.29. The van der Waals surface area contributed by atoms with Gasteiger partial charge in [0, 0.05) is 36.8 Å². The van der Waals surface area contributed by atoms with Crippen molar-refractivity contribution in [2.24, 2.45) is 0 Å². The first kappa shape index (κ1) is 13.7. The number of nitrogens with zero attached hydrogens (tertiary/aromatic N) is 4. The van der Waals surface area contributed by atoms with Crippen LogP contribution in [0.15, 0.2) is 53.7 Å². The normalized spacial score (nSPS) is 10.4. The first-order chi connectivity index (χ1) is 10.7. The minimum absolute atomic E-state index is 0.143. The Morgan fingerprint density at radius 1 is 1.23 bits per heavy atom. The second-order valence-electron chi connectivity index (χ2n) is 4.43. The van der Waals surface area contributed by atoms with Crippen LogP contribution in [0.25, 0.3) is 5.82 Å². The molecule has 3 rings (SSSR count). The maximum absolute atomic E-state index is 12.0. The van der Waals surface area contributed by atoms with Crippen LogP contribution in [-0.2, 0) is 6.54 Å². The highest BCUT2D eigenvalue weighted by atomic mass is 16.2. The Kier molecular flexibility index (Phi) is 3.73. The predicted molar refractivity (Wildman–Crippen MR) is 77.4 cm³/mol. The van der Waals surface area contributed by atoms with Crippen LogP contribution in [0.4, 0.5) is 0 Å². The zero-order valence-corrected chi connectivity index (χ0v) is 11.4. The maximum atomic E-state index is 12.0. The number of nitrogens with one attached hydrogen (secondary N) is 2. The lowest BCUT2D eigenvalue weighted by Crippen LogP contribution is -2.26. The third-order valence-corrected chi connectivity index (χ3v) is 2.94. The molecule has 3 aromatic heterocycles. The lowest BCUT2D eigenvalue weighted by Gasteiger charge is -2.09. The van der Waals surface area contributed by atoms with Crippen molar-refractivity contribution in [2.75, 3.05) is 0 Å². The van der Waals surface area contributed by atoms with E-state index in [9.17, 15) is 9.59 Å². The van der Waals surface area contributed by atoms with Gasteiger partial charge >= 0.3 is 0 Å². The molecule has 0 aliphatic rings. The molecule has 22 heavy (non-hydrogen) atoms. The van der Waals surface area contributed by atoms with Gasteiger partial charge in [-0.25, -0.2) is 14.8 Å². The zero-order chi connectivity index (χ0) is 15.4. The quantitative estimate of drug-likeness (QED) is 0.719. The molecule has 1 amide bonds. The molecule has 0 aliphatic carbocycles. The van der Waals surface area contributed by atoms with Gasteiger partial charge in [-0.3, -0.25) is 9.59 Å². The average Bonchev–Trinajstić information content (AvgIpc) is 3.08. The molecule has 3 aromatic rings.